The number of carbonyl (C=O) groups excluding carboxylic acids is 2. The van der Waals surface area contributed by atoms with Gasteiger partial charge in [0, 0.05) is 12.6 Å². The van der Waals surface area contributed by atoms with Crippen molar-refractivity contribution in [2.45, 2.75) is 26.8 Å². The summed E-state index contributed by atoms with van der Waals surface area (Å²) in [6.45, 7) is 5.87. The minimum Gasteiger partial charge on any atom is -0.496 e. The van der Waals surface area contributed by atoms with Crippen molar-refractivity contribution in [2.24, 2.45) is 0 Å². The summed E-state index contributed by atoms with van der Waals surface area (Å²) in [5, 5.41) is 5.72. The molecule has 0 radical (unpaired) electrons. The van der Waals surface area contributed by atoms with Crippen LogP contribution in [0.4, 0.5) is 5.69 Å². The molecule has 2 N–H and O–H groups in total. The second kappa shape index (κ2) is 6.89. The van der Waals surface area contributed by atoms with E-state index < -0.39 is 0 Å². The molecule has 5 heteroatoms. The number of likely N-dealkylation sites (N-methyl/N-ethyl adjacent to an activating group) is 1. The lowest BCUT2D eigenvalue weighted by molar-refractivity contribution is -0.114. The van der Waals surface area contributed by atoms with E-state index in [1.807, 2.05) is 6.92 Å². The fourth-order valence-corrected chi connectivity index (χ4v) is 1.81. The number of amides is 1. The molecule has 0 spiro atoms. The van der Waals surface area contributed by atoms with Crippen LogP contribution in [0.5, 0.6) is 5.75 Å². The average Bonchev–Trinajstić information content (AvgIpc) is 2.37. The Kier molecular flexibility index (Phi) is 5.51. The fourth-order valence-electron chi connectivity index (χ4n) is 1.81. The largest absolute Gasteiger partial charge is 0.496 e. The van der Waals surface area contributed by atoms with Gasteiger partial charge >= 0.3 is 0 Å². The normalized spacial score (nSPS) is 11.8. The molecule has 0 saturated heterocycles. The predicted molar refractivity (Wildman–Crippen MR) is 74.8 cm³/mol. The van der Waals surface area contributed by atoms with Crippen LogP contribution >= 0.6 is 0 Å². The highest BCUT2D eigenvalue weighted by molar-refractivity contribution is 6.03. The summed E-state index contributed by atoms with van der Waals surface area (Å²) in [5.74, 6) is 0.262. The number of benzene rings is 1. The molecular formula is C14H20N2O3. The molecule has 0 aromatic heterocycles. The molecule has 0 fully saturated rings. The Bertz CT molecular complexity index is 472. The van der Waals surface area contributed by atoms with Crippen molar-refractivity contribution in [3.8, 4) is 5.75 Å². The van der Waals surface area contributed by atoms with Gasteiger partial charge in [-0.2, -0.15) is 0 Å². The number of hydrogen-bond donors (Lipinski definition) is 2. The van der Waals surface area contributed by atoms with E-state index in [0.29, 0.717) is 23.5 Å². The van der Waals surface area contributed by atoms with Crippen molar-refractivity contribution in [3.63, 3.8) is 0 Å². The highest BCUT2D eigenvalue weighted by Crippen LogP contribution is 2.24. The first kappa shape index (κ1) is 15.2. The number of hydrogen-bond acceptors (Lipinski definition) is 4. The Hall–Kier alpha value is -1.88. The number of ether oxygens (including phenoxy) is 1. The van der Waals surface area contributed by atoms with E-state index in [2.05, 4.69) is 10.6 Å². The lowest BCUT2D eigenvalue weighted by atomic mass is 10.0. The Morgan fingerprint density at radius 1 is 1.37 bits per heavy atom. The number of ketones is 1. The molecule has 19 heavy (non-hydrogen) atoms. The molecule has 104 valence electrons. The smallest absolute Gasteiger partial charge is 0.221 e. The standard InChI is InChI=1S/C14H20N2O3/c1-5-15-9(2)14(18)12-8-11(16-10(3)17)6-7-13(12)19-4/h6-9,15H,5H2,1-4H3,(H,16,17). The maximum Gasteiger partial charge on any atom is 0.221 e. The molecule has 1 rings (SSSR count). The zero-order valence-corrected chi connectivity index (χ0v) is 11.7. The highest BCUT2D eigenvalue weighted by Gasteiger charge is 2.19. The van der Waals surface area contributed by atoms with Crippen LogP contribution in [0, 0.1) is 0 Å². The SMILES string of the molecule is CCNC(C)C(=O)c1cc(NC(C)=O)ccc1OC. The van der Waals surface area contributed by atoms with Crippen LogP contribution in [0.2, 0.25) is 0 Å². The van der Waals surface area contributed by atoms with Gasteiger partial charge in [0.1, 0.15) is 5.75 Å². The van der Waals surface area contributed by atoms with E-state index in [-0.39, 0.29) is 17.7 Å². The predicted octanol–water partition coefficient (Wildman–Crippen LogP) is 1.83. The summed E-state index contributed by atoms with van der Waals surface area (Å²) in [5.41, 5.74) is 1.04. The zero-order valence-electron chi connectivity index (χ0n) is 11.7. The lowest BCUT2D eigenvalue weighted by Crippen LogP contribution is -2.34. The first-order valence-corrected chi connectivity index (χ1v) is 6.22. The molecule has 0 aliphatic carbocycles. The van der Waals surface area contributed by atoms with Crippen molar-refractivity contribution < 1.29 is 14.3 Å². The highest BCUT2D eigenvalue weighted by atomic mass is 16.5. The molecule has 5 nitrogen and oxygen atoms in total. The maximum absolute atomic E-state index is 12.3. The zero-order chi connectivity index (χ0) is 14.4. The first-order valence-electron chi connectivity index (χ1n) is 6.22. The Morgan fingerprint density at radius 2 is 2.05 bits per heavy atom. The van der Waals surface area contributed by atoms with E-state index in [1.54, 1.807) is 25.1 Å². The third kappa shape index (κ3) is 4.06. The van der Waals surface area contributed by atoms with E-state index in [1.165, 1.54) is 14.0 Å². The van der Waals surface area contributed by atoms with Gasteiger partial charge in [-0.25, -0.2) is 0 Å². The number of carbonyl (C=O) groups is 2. The van der Waals surface area contributed by atoms with Gasteiger partial charge in [0.05, 0.1) is 18.7 Å². The van der Waals surface area contributed by atoms with E-state index in [0.717, 1.165) is 0 Å². The summed E-state index contributed by atoms with van der Waals surface area (Å²) >= 11 is 0. The molecule has 1 atom stereocenters. The number of rotatable bonds is 6. The number of anilines is 1. The van der Waals surface area contributed by atoms with Crippen molar-refractivity contribution >= 4 is 17.4 Å². The molecule has 1 aromatic rings. The molecule has 1 aromatic carbocycles. The van der Waals surface area contributed by atoms with Gasteiger partial charge in [-0.15, -0.1) is 0 Å². The third-order valence-electron chi connectivity index (χ3n) is 2.69. The molecule has 0 saturated carbocycles. The van der Waals surface area contributed by atoms with E-state index >= 15 is 0 Å². The minimum atomic E-state index is -0.300. The van der Waals surface area contributed by atoms with Gasteiger partial charge in [-0.3, -0.25) is 9.59 Å². The lowest BCUT2D eigenvalue weighted by Gasteiger charge is -2.15. The Balaban J connectivity index is 3.08. The van der Waals surface area contributed by atoms with Crippen LogP contribution < -0.4 is 15.4 Å². The molecule has 1 amide bonds. The van der Waals surface area contributed by atoms with Crippen LogP contribution in [0.1, 0.15) is 31.1 Å². The van der Waals surface area contributed by atoms with E-state index in [9.17, 15) is 9.59 Å². The second-order valence-corrected chi connectivity index (χ2v) is 4.24. The second-order valence-electron chi connectivity index (χ2n) is 4.24. The van der Waals surface area contributed by atoms with Gasteiger partial charge in [0.2, 0.25) is 5.91 Å². The fraction of sp³-hybridized carbons (Fsp3) is 0.429. The summed E-state index contributed by atoms with van der Waals surface area (Å²) in [4.78, 5) is 23.3. The quantitative estimate of drug-likeness (QED) is 0.769. The summed E-state index contributed by atoms with van der Waals surface area (Å²) in [6, 6.07) is 4.72. The van der Waals surface area contributed by atoms with Crippen LogP contribution in [-0.4, -0.2) is 31.4 Å². The number of Topliss-reactive ketones (excluding diaryl/α,β-unsaturated/α-hetero) is 1. The van der Waals surface area contributed by atoms with Crippen molar-refractivity contribution in [3.05, 3.63) is 23.8 Å². The van der Waals surface area contributed by atoms with Crippen LogP contribution in [-0.2, 0) is 4.79 Å². The Morgan fingerprint density at radius 3 is 2.58 bits per heavy atom. The van der Waals surface area contributed by atoms with Crippen molar-refractivity contribution in [2.75, 3.05) is 19.0 Å². The van der Waals surface area contributed by atoms with Gasteiger partial charge in [0.25, 0.3) is 0 Å². The maximum atomic E-state index is 12.3. The van der Waals surface area contributed by atoms with Gasteiger partial charge in [0.15, 0.2) is 5.78 Å². The van der Waals surface area contributed by atoms with Crippen LogP contribution in [0.3, 0.4) is 0 Å². The summed E-state index contributed by atoms with van der Waals surface area (Å²) < 4.78 is 5.19. The average molecular weight is 264 g/mol. The molecule has 0 heterocycles. The molecule has 1 unspecified atom stereocenters. The Labute approximate surface area is 113 Å². The number of methoxy groups -OCH3 is 1. The van der Waals surface area contributed by atoms with Gasteiger partial charge in [-0.05, 0) is 31.7 Å². The molecular weight excluding hydrogens is 244 g/mol. The van der Waals surface area contributed by atoms with E-state index in [4.69, 9.17) is 4.74 Å². The summed E-state index contributed by atoms with van der Waals surface area (Å²) in [7, 11) is 1.52. The molecule has 0 aliphatic heterocycles. The first-order chi connectivity index (χ1) is 8.99. The molecule has 0 aliphatic rings. The van der Waals surface area contributed by atoms with Crippen molar-refractivity contribution in [1.82, 2.24) is 5.32 Å². The topological polar surface area (TPSA) is 67.4 Å². The van der Waals surface area contributed by atoms with Crippen LogP contribution in [0.25, 0.3) is 0 Å². The summed E-state index contributed by atoms with van der Waals surface area (Å²) in [6.07, 6.45) is 0. The van der Waals surface area contributed by atoms with Crippen LogP contribution in [0.15, 0.2) is 18.2 Å². The molecule has 0 bridgehead atoms. The monoisotopic (exact) mass is 264 g/mol. The minimum absolute atomic E-state index is 0.0640. The van der Waals surface area contributed by atoms with Gasteiger partial charge in [-0.1, -0.05) is 6.92 Å². The third-order valence-corrected chi connectivity index (χ3v) is 2.69. The van der Waals surface area contributed by atoms with Gasteiger partial charge < -0.3 is 15.4 Å². The van der Waals surface area contributed by atoms with Crippen molar-refractivity contribution in [1.29, 1.82) is 0 Å². The number of nitrogens with one attached hydrogen (secondary N) is 2.